The maximum atomic E-state index is 13.6. The van der Waals surface area contributed by atoms with Crippen LogP contribution < -0.4 is 44.2 Å². The Bertz CT molecular complexity index is 2990. The molecule has 0 aliphatic rings. The lowest BCUT2D eigenvalue weighted by Gasteiger charge is -2.23. The van der Waals surface area contributed by atoms with Crippen molar-refractivity contribution in [1.29, 1.82) is 0 Å². The summed E-state index contributed by atoms with van der Waals surface area (Å²) < 4.78 is 0. The number of carbonyl (C=O) groups excluding carboxylic acids is 9. The van der Waals surface area contributed by atoms with Crippen LogP contribution in [0, 0.1) is 41.4 Å². The number of para-hydroxylation sites is 2. The molecule has 8 atom stereocenters. The fourth-order valence-electron chi connectivity index (χ4n) is 13.4. The van der Waals surface area contributed by atoms with Crippen molar-refractivity contribution in [2.75, 3.05) is 19.6 Å². The normalized spacial score (nSPS) is 14.0. The second-order valence-corrected chi connectivity index (χ2v) is 29.2. The molecule has 19 nitrogen and oxygen atoms in total. The van der Waals surface area contributed by atoms with Gasteiger partial charge in [-0.2, -0.15) is 0 Å². The van der Waals surface area contributed by atoms with E-state index in [2.05, 4.69) is 71.1 Å². The number of carbonyl (C=O) groups is 9. The molecule has 2 aromatic carbocycles. The average molecular weight is 1360 g/mol. The quantitative estimate of drug-likeness (QED) is 0.0185. The van der Waals surface area contributed by atoms with Crippen LogP contribution in [0.25, 0.3) is 21.8 Å². The van der Waals surface area contributed by atoms with Crippen molar-refractivity contribution in [3.8, 4) is 0 Å². The van der Waals surface area contributed by atoms with E-state index in [4.69, 9.17) is 22.9 Å². The van der Waals surface area contributed by atoms with Crippen LogP contribution >= 0.6 is 0 Å². The lowest BCUT2D eigenvalue weighted by Crippen LogP contribution is -2.37. The Kier molecular flexibility index (Phi) is 42.9. The first-order valence-corrected chi connectivity index (χ1v) is 37.5. The molecule has 550 valence electrons. The van der Waals surface area contributed by atoms with Gasteiger partial charge in [0.25, 0.3) is 0 Å². The molecule has 0 unspecified atom stereocenters. The molecule has 98 heavy (non-hydrogen) atoms. The molecule has 19 heteroatoms. The third-order valence-electron chi connectivity index (χ3n) is 19.6. The number of fused-ring (bicyclic) bond motifs is 2. The Balaban J connectivity index is 0.000000531. The summed E-state index contributed by atoms with van der Waals surface area (Å²) in [5.74, 6) is 1.34. The Morgan fingerprint density at radius 2 is 0.857 bits per heavy atom. The molecule has 14 N–H and O–H groups in total. The number of benzene rings is 2. The number of rotatable bonds is 54. The third kappa shape index (κ3) is 36.5. The van der Waals surface area contributed by atoms with E-state index < -0.39 is 0 Å². The molecular formula is C79H130N10O9. The summed E-state index contributed by atoms with van der Waals surface area (Å²) in [6, 6.07) is 16.0. The van der Waals surface area contributed by atoms with Crippen molar-refractivity contribution in [3.63, 3.8) is 0 Å². The van der Waals surface area contributed by atoms with Gasteiger partial charge in [-0.05, 0) is 194 Å². The molecule has 0 aliphatic carbocycles. The van der Waals surface area contributed by atoms with Crippen molar-refractivity contribution in [1.82, 2.24) is 31.2 Å². The molecule has 2 aromatic heterocycles. The fourth-order valence-corrected chi connectivity index (χ4v) is 13.4. The van der Waals surface area contributed by atoms with Crippen molar-refractivity contribution < 1.29 is 43.2 Å². The van der Waals surface area contributed by atoms with Crippen molar-refractivity contribution in [3.05, 3.63) is 72.1 Å². The first-order chi connectivity index (χ1) is 46.8. The zero-order valence-corrected chi connectivity index (χ0v) is 61.6. The van der Waals surface area contributed by atoms with Gasteiger partial charge in [0.2, 0.25) is 29.5 Å². The van der Waals surface area contributed by atoms with E-state index in [1.165, 1.54) is 12.5 Å². The van der Waals surface area contributed by atoms with Crippen LogP contribution in [0.3, 0.4) is 0 Å². The van der Waals surface area contributed by atoms with Gasteiger partial charge in [0.1, 0.15) is 23.1 Å². The summed E-state index contributed by atoms with van der Waals surface area (Å²) >= 11 is 0. The number of Topliss-reactive ketones (excluding diaryl/α,β-unsaturated/α-hetero) is 4. The van der Waals surface area contributed by atoms with Gasteiger partial charge < -0.3 is 54.2 Å². The van der Waals surface area contributed by atoms with Gasteiger partial charge in [0, 0.05) is 142 Å². The van der Waals surface area contributed by atoms with Gasteiger partial charge in [-0.15, -0.1) is 0 Å². The van der Waals surface area contributed by atoms with Crippen molar-refractivity contribution in [2.24, 2.45) is 64.4 Å². The summed E-state index contributed by atoms with van der Waals surface area (Å²) in [7, 11) is 0. The minimum absolute atomic E-state index is 0.0255. The smallest absolute Gasteiger partial charge is 0.220 e. The summed E-state index contributed by atoms with van der Waals surface area (Å²) in [6.07, 6.45) is 23.1. The van der Waals surface area contributed by atoms with Crippen molar-refractivity contribution >= 4 is 74.5 Å². The summed E-state index contributed by atoms with van der Waals surface area (Å²) in [5, 5.41) is 14.8. The molecule has 0 saturated heterocycles. The van der Waals surface area contributed by atoms with Gasteiger partial charge in [-0.3, -0.25) is 43.2 Å². The van der Waals surface area contributed by atoms with E-state index in [1.807, 2.05) is 76.5 Å². The first-order valence-electron chi connectivity index (χ1n) is 37.5. The molecular weight excluding hydrogens is 1230 g/mol. The number of nitrogens with two attached hydrogens (primary N) is 4. The van der Waals surface area contributed by atoms with Crippen LogP contribution in [-0.4, -0.2) is 106 Å². The highest BCUT2D eigenvalue weighted by Gasteiger charge is 2.26. The minimum Gasteiger partial charge on any atom is -0.370 e. The van der Waals surface area contributed by atoms with Crippen LogP contribution in [0.2, 0.25) is 0 Å². The molecule has 5 amide bonds. The predicted molar refractivity (Wildman–Crippen MR) is 398 cm³/mol. The predicted octanol–water partition coefficient (Wildman–Crippen LogP) is 12.8. The molecule has 0 bridgehead atoms. The third-order valence-corrected chi connectivity index (χ3v) is 19.6. The number of unbranched alkanes of at least 4 members (excludes halogenated alkanes) is 3. The molecule has 4 aromatic rings. The second-order valence-electron chi connectivity index (χ2n) is 29.2. The molecule has 2 heterocycles. The lowest BCUT2D eigenvalue weighted by atomic mass is 9.85. The van der Waals surface area contributed by atoms with Crippen LogP contribution in [0.1, 0.15) is 260 Å². The topological polar surface area (TPSA) is 337 Å². The van der Waals surface area contributed by atoms with Crippen LogP contribution in [0.5, 0.6) is 0 Å². The number of aromatic nitrogens is 2. The van der Waals surface area contributed by atoms with Crippen LogP contribution in [0.4, 0.5) is 0 Å². The number of ketones is 4. The van der Waals surface area contributed by atoms with Gasteiger partial charge in [0.15, 0.2) is 0 Å². The Morgan fingerprint density at radius 1 is 0.418 bits per heavy atom. The number of nitrogens with one attached hydrogen (secondary N) is 6. The summed E-state index contributed by atoms with van der Waals surface area (Å²) in [5.41, 5.74) is 26.8. The molecule has 0 fully saturated rings. The Labute approximate surface area is 587 Å². The molecule has 0 saturated carbocycles. The highest BCUT2D eigenvalue weighted by Crippen LogP contribution is 2.29. The Hall–Kier alpha value is -6.57. The van der Waals surface area contributed by atoms with E-state index in [1.54, 1.807) is 0 Å². The van der Waals surface area contributed by atoms with Crippen molar-refractivity contribution in [2.45, 2.75) is 286 Å². The summed E-state index contributed by atoms with van der Waals surface area (Å²) in [6.45, 7) is 19.8. The number of hydrogen-bond acceptors (Lipinski definition) is 12. The van der Waals surface area contributed by atoms with E-state index in [9.17, 15) is 43.2 Å². The monoisotopic (exact) mass is 1360 g/mol. The van der Waals surface area contributed by atoms with Gasteiger partial charge in [-0.1, -0.05) is 104 Å². The number of aromatic amines is 2. The average Bonchev–Trinajstić information content (AvgIpc) is 1.69. The number of primary amides is 1. The molecule has 4 rings (SSSR count). The second kappa shape index (κ2) is 49.0. The standard InChI is InChI=1S/C45H76N6O5.C34H54N4O4/c1-31(2)36(18-24-44(55)49-33(5)13-9-11-25-46)29-40(54)20-19-38(28-37-30-48-43-16-8-7-15-41(37)43)51-45(56)23-17-35(14-10-12-26-47)27-39(53)21-22-42(32(3)4)50-34(6)52;1-4-9-29(39)21-25(20-27-23-37-32-12-6-5-11-31(27)32)13-18-34(42)38-28(10-7-8-19-35)15-16-30(40)22-26(24(2)3)14-17-33(36)41/h7-8,15-16,30-33,35-36,38,42,48H,9-14,17-29,46-47H2,1-6H3,(H,49,55)(H,50,52)(H,51,56);5-6,11-12,23-26,28,37H,4,7-10,13-22,35H2,1-3H3,(H2,36,41)(H,38,42)/t33-,35+,36+,38-,42-;25-,26+,28+/m11/s1. The van der Waals surface area contributed by atoms with E-state index >= 15 is 0 Å². The number of H-pyrrole nitrogens is 2. The molecule has 0 radical (unpaired) electrons. The van der Waals surface area contributed by atoms with Crippen LogP contribution in [-0.2, 0) is 56.0 Å². The van der Waals surface area contributed by atoms with Gasteiger partial charge >= 0.3 is 0 Å². The maximum absolute atomic E-state index is 13.6. The van der Waals surface area contributed by atoms with Crippen LogP contribution in [0.15, 0.2) is 60.9 Å². The van der Waals surface area contributed by atoms with E-state index in [0.717, 1.165) is 98.0 Å². The highest BCUT2D eigenvalue weighted by molar-refractivity contribution is 5.85. The zero-order chi connectivity index (χ0) is 72.4. The van der Waals surface area contributed by atoms with E-state index in [0.29, 0.717) is 148 Å². The van der Waals surface area contributed by atoms with E-state index in [-0.39, 0.29) is 118 Å². The zero-order valence-electron chi connectivity index (χ0n) is 61.6. The minimum atomic E-state index is -0.339. The fraction of sp³-hybridized carbons (Fsp3) is 0.684. The highest BCUT2D eigenvalue weighted by atomic mass is 16.2. The largest absolute Gasteiger partial charge is 0.370 e. The van der Waals surface area contributed by atoms with Gasteiger partial charge in [-0.25, -0.2) is 0 Å². The maximum Gasteiger partial charge on any atom is 0.220 e. The molecule has 0 spiro atoms. The lowest BCUT2D eigenvalue weighted by molar-refractivity contribution is -0.124. The number of hydrogen-bond donors (Lipinski definition) is 10. The first kappa shape index (κ1) is 85.7. The Morgan fingerprint density at radius 3 is 1.38 bits per heavy atom. The molecule has 0 aliphatic heterocycles. The number of amides is 5. The summed E-state index contributed by atoms with van der Waals surface area (Å²) in [4.78, 5) is 121. The van der Waals surface area contributed by atoms with Gasteiger partial charge in [0.05, 0.1) is 0 Å². The SMILES string of the molecule is CC(=O)N[C@H](CCC(=O)C[C@@H](CCCCN)CCC(=O)N[C@H](CCC(=O)C[C@H](CCC(=O)N[C@H](C)CCCCN)C(C)C)Cc1c[nH]c2ccccc12)C(C)C.CCCC(=O)C[C@H](CCC(=O)N[C@@H](CCCCN)CCC(=O)C[C@H](CCC(N)=O)C(C)C)Cc1c[nH]c2ccccc12.